The lowest BCUT2D eigenvalue weighted by molar-refractivity contribution is 0.162. The SMILES string of the molecule is O=C(Nc1ccc(Cl)cc1)N[C@@H]1CCN(CCCO)C[C@H]1c1ccc(Cl)s1. The van der Waals surface area contributed by atoms with Gasteiger partial charge in [0, 0.05) is 53.8 Å². The normalized spacial score (nSPS) is 20.4. The van der Waals surface area contributed by atoms with Gasteiger partial charge in [-0.15, -0.1) is 11.3 Å². The summed E-state index contributed by atoms with van der Waals surface area (Å²) in [5, 5.41) is 15.7. The number of hydrogen-bond donors (Lipinski definition) is 3. The molecule has 27 heavy (non-hydrogen) atoms. The largest absolute Gasteiger partial charge is 0.396 e. The molecule has 3 rings (SSSR count). The average Bonchev–Trinajstić information content (AvgIpc) is 3.09. The van der Waals surface area contributed by atoms with Gasteiger partial charge in [-0.05, 0) is 49.2 Å². The van der Waals surface area contributed by atoms with Gasteiger partial charge in [-0.25, -0.2) is 4.79 Å². The minimum Gasteiger partial charge on any atom is -0.396 e. The molecule has 1 aromatic heterocycles. The molecule has 1 saturated heterocycles. The lowest BCUT2D eigenvalue weighted by Gasteiger charge is -2.38. The van der Waals surface area contributed by atoms with E-state index in [1.165, 1.54) is 4.88 Å². The van der Waals surface area contributed by atoms with Crippen LogP contribution >= 0.6 is 34.5 Å². The first-order valence-corrected chi connectivity index (χ1v) is 10.5. The molecule has 0 spiro atoms. The van der Waals surface area contributed by atoms with Crippen molar-refractivity contribution in [3.8, 4) is 0 Å². The number of nitrogens with zero attached hydrogens (tertiary/aromatic N) is 1. The van der Waals surface area contributed by atoms with Crippen LogP contribution in [0.3, 0.4) is 0 Å². The van der Waals surface area contributed by atoms with Crippen molar-refractivity contribution in [2.24, 2.45) is 0 Å². The molecule has 2 aromatic rings. The zero-order chi connectivity index (χ0) is 19.2. The number of carbonyl (C=O) groups is 1. The van der Waals surface area contributed by atoms with Crippen LogP contribution < -0.4 is 10.6 Å². The molecule has 2 heterocycles. The van der Waals surface area contributed by atoms with Gasteiger partial charge in [0.2, 0.25) is 0 Å². The van der Waals surface area contributed by atoms with Crippen molar-refractivity contribution in [2.45, 2.75) is 24.8 Å². The Hall–Kier alpha value is -1.31. The van der Waals surface area contributed by atoms with Gasteiger partial charge in [-0.3, -0.25) is 0 Å². The van der Waals surface area contributed by atoms with Crippen molar-refractivity contribution in [2.75, 3.05) is 31.6 Å². The molecule has 1 aromatic carbocycles. The van der Waals surface area contributed by atoms with Crippen molar-refractivity contribution in [1.82, 2.24) is 10.2 Å². The van der Waals surface area contributed by atoms with E-state index in [2.05, 4.69) is 15.5 Å². The highest BCUT2D eigenvalue weighted by Gasteiger charge is 2.32. The Morgan fingerprint density at radius 1 is 1.22 bits per heavy atom. The number of amides is 2. The summed E-state index contributed by atoms with van der Waals surface area (Å²) < 4.78 is 0.752. The van der Waals surface area contributed by atoms with Gasteiger partial charge >= 0.3 is 6.03 Å². The Kier molecular flexibility index (Phi) is 7.38. The third-order valence-corrected chi connectivity index (χ3v) is 6.32. The van der Waals surface area contributed by atoms with Crippen LogP contribution in [0, 0.1) is 0 Å². The van der Waals surface area contributed by atoms with Gasteiger partial charge < -0.3 is 20.6 Å². The number of aliphatic hydroxyl groups is 1. The Balaban J connectivity index is 1.66. The van der Waals surface area contributed by atoms with Crippen LogP contribution in [0.25, 0.3) is 0 Å². The number of likely N-dealkylation sites (tertiary alicyclic amines) is 1. The number of hydrogen-bond acceptors (Lipinski definition) is 4. The molecule has 1 aliphatic rings. The Morgan fingerprint density at radius 2 is 2.00 bits per heavy atom. The second kappa shape index (κ2) is 9.75. The topological polar surface area (TPSA) is 64.6 Å². The van der Waals surface area contributed by atoms with Gasteiger partial charge in [0.15, 0.2) is 0 Å². The molecule has 0 radical (unpaired) electrons. The van der Waals surface area contributed by atoms with Crippen LogP contribution in [0.4, 0.5) is 10.5 Å². The molecule has 8 heteroatoms. The number of halogens is 2. The van der Waals surface area contributed by atoms with E-state index < -0.39 is 0 Å². The maximum absolute atomic E-state index is 12.5. The highest BCUT2D eigenvalue weighted by molar-refractivity contribution is 7.16. The first-order chi connectivity index (χ1) is 13.0. The highest BCUT2D eigenvalue weighted by Crippen LogP contribution is 2.34. The predicted octanol–water partition coefficient (Wildman–Crippen LogP) is 4.42. The Bertz CT molecular complexity index is 754. The summed E-state index contributed by atoms with van der Waals surface area (Å²) in [7, 11) is 0. The molecule has 146 valence electrons. The predicted molar refractivity (Wildman–Crippen MR) is 112 cm³/mol. The number of benzene rings is 1. The molecule has 2 amide bonds. The van der Waals surface area contributed by atoms with Crippen molar-refractivity contribution < 1.29 is 9.90 Å². The standard InChI is InChI=1S/C19H23Cl2N3O2S/c20-13-2-4-14(5-3-13)22-19(26)23-16-8-10-24(9-1-11-25)12-15(16)17-6-7-18(21)27-17/h2-7,15-16,25H,1,8-12H2,(H2,22,23,26)/t15-,16-/m1/s1. The summed E-state index contributed by atoms with van der Waals surface area (Å²) in [6.07, 6.45) is 1.60. The van der Waals surface area contributed by atoms with Crippen LogP contribution in [0.2, 0.25) is 9.36 Å². The maximum Gasteiger partial charge on any atom is 0.319 e. The Labute approximate surface area is 173 Å². The van der Waals surface area contributed by atoms with E-state index in [0.717, 1.165) is 36.8 Å². The first-order valence-electron chi connectivity index (χ1n) is 8.96. The Morgan fingerprint density at radius 3 is 2.67 bits per heavy atom. The number of nitrogens with one attached hydrogen (secondary N) is 2. The number of urea groups is 1. The second-order valence-electron chi connectivity index (χ2n) is 6.63. The molecule has 0 bridgehead atoms. The van der Waals surface area contributed by atoms with Crippen molar-refractivity contribution >= 4 is 46.3 Å². The molecule has 1 fully saturated rings. The highest BCUT2D eigenvalue weighted by atomic mass is 35.5. The lowest BCUT2D eigenvalue weighted by atomic mass is 9.90. The number of anilines is 1. The van der Waals surface area contributed by atoms with Gasteiger partial charge in [0.05, 0.1) is 4.34 Å². The molecule has 3 N–H and O–H groups in total. The fourth-order valence-corrected chi connectivity index (χ4v) is 4.72. The third-order valence-electron chi connectivity index (χ3n) is 4.71. The third kappa shape index (κ3) is 5.83. The summed E-state index contributed by atoms with van der Waals surface area (Å²) in [5.74, 6) is 0.172. The van der Waals surface area contributed by atoms with Crippen LogP contribution in [0.15, 0.2) is 36.4 Å². The van der Waals surface area contributed by atoms with Crippen LogP contribution in [-0.2, 0) is 0 Å². The van der Waals surface area contributed by atoms with Gasteiger partial charge in [-0.2, -0.15) is 0 Å². The van der Waals surface area contributed by atoms with Gasteiger partial charge in [0.1, 0.15) is 0 Å². The van der Waals surface area contributed by atoms with Crippen LogP contribution in [0.5, 0.6) is 0 Å². The van der Waals surface area contributed by atoms with Crippen LogP contribution in [0.1, 0.15) is 23.6 Å². The number of aliphatic hydroxyl groups excluding tert-OH is 1. The molecule has 2 atom stereocenters. The van der Waals surface area contributed by atoms with E-state index in [1.807, 2.05) is 12.1 Å². The number of rotatable bonds is 6. The summed E-state index contributed by atoms with van der Waals surface area (Å²) in [4.78, 5) is 16.0. The van der Waals surface area contributed by atoms with E-state index in [-0.39, 0.29) is 24.6 Å². The summed E-state index contributed by atoms with van der Waals surface area (Å²) in [5.41, 5.74) is 0.702. The monoisotopic (exact) mass is 427 g/mol. The van der Waals surface area contributed by atoms with E-state index in [1.54, 1.807) is 35.6 Å². The zero-order valence-corrected chi connectivity index (χ0v) is 17.2. The smallest absolute Gasteiger partial charge is 0.319 e. The van der Waals surface area contributed by atoms with E-state index in [4.69, 9.17) is 28.3 Å². The average molecular weight is 428 g/mol. The van der Waals surface area contributed by atoms with Crippen molar-refractivity contribution in [3.05, 3.63) is 50.6 Å². The minimum atomic E-state index is -0.223. The second-order valence-corrected chi connectivity index (χ2v) is 8.81. The molecule has 0 saturated carbocycles. The maximum atomic E-state index is 12.5. The first kappa shape index (κ1) is 20.4. The summed E-state index contributed by atoms with van der Waals surface area (Å²) in [6.45, 7) is 2.78. The van der Waals surface area contributed by atoms with E-state index in [0.29, 0.717) is 10.7 Å². The summed E-state index contributed by atoms with van der Waals surface area (Å²) in [6, 6.07) is 10.8. The van der Waals surface area contributed by atoms with E-state index in [9.17, 15) is 4.79 Å². The summed E-state index contributed by atoms with van der Waals surface area (Å²) >= 11 is 13.6. The molecule has 0 unspecified atom stereocenters. The molecule has 0 aliphatic carbocycles. The number of thiophene rings is 1. The quantitative estimate of drug-likeness (QED) is 0.639. The van der Waals surface area contributed by atoms with E-state index >= 15 is 0 Å². The zero-order valence-electron chi connectivity index (χ0n) is 14.8. The fraction of sp³-hybridized carbons (Fsp3) is 0.421. The number of piperidine rings is 1. The van der Waals surface area contributed by atoms with Gasteiger partial charge in [-0.1, -0.05) is 23.2 Å². The minimum absolute atomic E-state index is 0.0254. The molecule has 5 nitrogen and oxygen atoms in total. The molecular formula is C19H23Cl2N3O2S. The van der Waals surface area contributed by atoms with Crippen molar-refractivity contribution in [3.63, 3.8) is 0 Å². The molecule has 1 aliphatic heterocycles. The van der Waals surface area contributed by atoms with Gasteiger partial charge in [0.25, 0.3) is 0 Å². The van der Waals surface area contributed by atoms with Crippen LogP contribution in [-0.4, -0.2) is 48.3 Å². The lowest BCUT2D eigenvalue weighted by Crippen LogP contribution is -2.50. The fourth-order valence-electron chi connectivity index (χ4n) is 3.37. The number of carbonyl (C=O) groups excluding carboxylic acids is 1. The van der Waals surface area contributed by atoms with Crippen molar-refractivity contribution in [1.29, 1.82) is 0 Å². The molecular weight excluding hydrogens is 405 g/mol.